The number of nitrogens with one attached hydrogen (secondary N) is 2. The van der Waals surface area contributed by atoms with Crippen LogP contribution in [0.4, 0.5) is 9.59 Å². The minimum atomic E-state index is -3.45. The number of hydrogen-bond acceptors (Lipinski definition) is 9. The standard InChI is InChI=1S/C25H40N3O8P/c1-4-7-16-33-25(31)28-15-14-26-22(18-28)23(29)21(13-17-37(32,35-5-2)36-6-3)27-24(30)34-19-20-11-9-8-10-12-20/h8-12,21-22,26H,4-7,13-19H2,1-3H3,(H,27,30)/t21-,22?/m0/s1. The molecular weight excluding hydrogens is 501 g/mol. The molecule has 0 spiro atoms. The number of nitrogens with zero attached hydrogens (tertiary/aromatic N) is 1. The molecule has 11 nitrogen and oxygen atoms in total. The zero-order chi connectivity index (χ0) is 27.1. The first-order valence-electron chi connectivity index (χ1n) is 12.9. The van der Waals surface area contributed by atoms with Crippen molar-refractivity contribution in [3.63, 3.8) is 0 Å². The summed E-state index contributed by atoms with van der Waals surface area (Å²) in [4.78, 5) is 40.0. The smallest absolute Gasteiger partial charge is 0.409 e. The van der Waals surface area contributed by atoms with E-state index in [0.29, 0.717) is 19.7 Å². The Kier molecular flexibility index (Phi) is 13.6. The number of amides is 2. The number of alkyl carbamates (subject to hydrolysis) is 1. The van der Waals surface area contributed by atoms with Gasteiger partial charge in [-0.1, -0.05) is 43.7 Å². The Labute approximate surface area is 219 Å². The van der Waals surface area contributed by atoms with Crippen LogP contribution in [0.25, 0.3) is 0 Å². The second-order valence-corrected chi connectivity index (χ2v) is 10.7. The van der Waals surface area contributed by atoms with Crippen LogP contribution in [0, 0.1) is 0 Å². The Bertz CT molecular complexity index is 891. The zero-order valence-electron chi connectivity index (χ0n) is 22.0. The molecule has 1 unspecified atom stereocenters. The van der Waals surface area contributed by atoms with Gasteiger partial charge in [-0.05, 0) is 32.3 Å². The average Bonchev–Trinajstić information content (AvgIpc) is 2.90. The minimum absolute atomic E-state index is 0.00960. The number of rotatable bonds is 15. The van der Waals surface area contributed by atoms with E-state index < -0.39 is 31.9 Å². The van der Waals surface area contributed by atoms with Gasteiger partial charge in [-0.15, -0.1) is 0 Å². The minimum Gasteiger partial charge on any atom is -0.449 e. The summed E-state index contributed by atoms with van der Waals surface area (Å²) in [5.74, 6) is -0.359. The van der Waals surface area contributed by atoms with Crippen molar-refractivity contribution >= 4 is 25.6 Å². The highest BCUT2D eigenvalue weighted by atomic mass is 31.2. The van der Waals surface area contributed by atoms with E-state index in [1.807, 2.05) is 37.3 Å². The lowest BCUT2D eigenvalue weighted by molar-refractivity contribution is -0.124. The molecule has 1 saturated heterocycles. The highest BCUT2D eigenvalue weighted by molar-refractivity contribution is 7.53. The molecule has 208 valence electrons. The van der Waals surface area contributed by atoms with Crippen molar-refractivity contribution in [3.05, 3.63) is 35.9 Å². The van der Waals surface area contributed by atoms with Crippen LogP contribution in [-0.4, -0.2) is 80.6 Å². The molecule has 0 saturated carbocycles. The molecular formula is C25H40N3O8P. The number of ether oxygens (including phenoxy) is 2. The molecule has 12 heteroatoms. The molecule has 1 heterocycles. The number of hydrogen-bond donors (Lipinski definition) is 2. The van der Waals surface area contributed by atoms with Gasteiger partial charge in [-0.2, -0.15) is 0 Å². The Morgan fingerprint density at radius 1 is 1.11 bits per heavy atom. The fourth-order valence-corrected chi connectivity index (χ4v) is 5.48. The van der Waals surface area contributed by atoms with Crippen molar-refractivity contribution in [2.24, 2.45) is 0 Å². The summed E-state index contributed by atoms with van der Waals surface area (Å²) in [6.07, 6.45) is 0.344. The molecule has 1 aliphatic rings. The second-order valence-electron chi connectivity index (χ2n) is 8.54. The fourth-order valence-electron chi connectivity index (χ4n) is 3.78. The predicted molar refractivity (Wildman–Crippen MR) is 139 cm³/mol. The molecule has 1 aromatic carbocycles. The lowest BCUT2D eigenvalue weighted by Gasteiger charge is -2.34. The molecule has 0 aromatic heterocycles. The summed E-state index contributed by atoms with van der Waals surface area (Å²) in [6, 6.07) is 7.36. The van der Waals surface area contributed by atoms with Gasteiger partial charge in [-0.3, -0.25) is 9.36 Å². The number of carbonyl (C=O) groups excluding carboxylic acids is 3. The van der Waals surface area contributed by atoms with Crippen molar-refractivity contribution in [3.8, 4) is 0 Å². The van der Waals surface area contributed by atoms with Crippen LogP contribution < -0.4 is 10.6 Å². The molecule has 2 rings (SSSR count). The number of ketones is 1. The Morgan fingerprint density at radius 3 is 2.46 bits per heavy atom. The summed E-state index contributed by atoms with van der Waals surface area (Å²) in [7, 11) is -3.45. The SMILES string of the molecule is CCCCOC(=O)N1CCNC(C(=O)[C@H](CCP(=O)(OCC)OCC)NC(=O)OCc2ccccc2)C1. The second kappa shape index (κ2) is 16.4. The van der Waals surface area contributed by atoms with Crippen LogP contribution >= 0.6 is 7.60 Å². The average molecular weight is 542 g/mol. The first kappa shape index (κ1) is 30.8. The molecule has 1 fully saturated rings. The third-order valence-electron chi connectivity index (χ3n) is 5.69. The van der Waals surface area contributed by atoms with Gasteiger partial charge in [0, 0.05) is 19.6 Å². The molecule has 2 atom stereocenters. The first-order chi connectivity index (χ1) is 17.8. The van der Waals surface area contributed by atoms with E-state index in [-0.39, 0.29) is 44.7 Å². The van der Waals surface area contributed by atoms with Gasteiger partial charge in [0.15, 0.2) is 5.78 Å². The van der Waals surface area contributed by atoms with Crippen LogP contribution in [0.15, 0.2) is 30.3 Å². The summed E-state index contributed by atoms with van der Waals surface area (Å²) in [5, 5.41) is 5.72. The predicted octanol–water partition coefficient (Wildman–Crippen LogP) is 3.72. The van der Waals surface area contributed by atoms with E-state index in [2.05, 4.69) is 10.6 Å². The van der Waals surface area contributed by atoms with Crippen LogP contribution in [0.2, 0.25) is 0 Å². The zero-order valence-corrected chi connectivity index (χ0v) is 22.9. The van der Waals surface area contributed by atoms with Crippen LogP contribution in [0.1, 0.15) is 45.6 Å². The quantitative estimate of drug-likeness (QED) is 0.252. The van der Waals surface area contributed by atoms with Gasteiger partial charge in [0.25, 0.3) is 0 Å². The van der Waals surface area contributed by atoms with Gasteiger partial charge in [0.1, 0.15) is 6.61 Å². The maximum atomic E-state index is 13.5. The molecule has 2 amide bonds. The molecule has 2 N–H and O–H groups in total. The lowest BCUT2D eigenvalue weighted by atomic mass is 10.0. The van der Waals surface area contributed by atoms with E-state index in [9.17, 15) is 18.9 Å². The molecule has 1 aromatic rings. The first-order valence-corrected chi connectivity index (χ1v) is 14.6. The summed E-state index contributed by atoms with van der Waals surface area (Å²) >= 11 is 0. The topological polar surface area (TPSA) is 132 Å². The van der Waals surface area contributed by atoms with E-state index in [4.69, 9.17) is 18.5 Å². The molecule has 37 heavy (non-hydrogen) atoms. The summed E-state index contributed by atoms with van der Waals surface area (Å²) in [5.41, 5.74) is 0.795. The maximum Gasteiger partial charge on any atom is 0.409 e. The van der Waals surface area contributed by atoms with Gasteiger partial charge >= 0.3 is 19.8 Å². The van der Waals surface area contributed by atoms with Crippen LogP contribution in [-0.2, 0) is 34.5 Å². The third-order valence-corrected chi connectivity index (χ3v) is 7.80. The van der Waals surface area contributed by atoms with E-state index in [1.165, 1.54) is 4.90 Å². The van der Waals surface area contributed by atoms with E-state index in [0.717, 1.165) is 18.4 Å². The van der Waals surface area contributed by atoms with Crippen LogP contribution in [0.3, 0.4) is 0 Å². The maximum absolute atomic E-state index is 13.5. The van der Waals surface area contributed by atoms with E-state index in [1.54, 1.807) is 13.8 Å². The Balaban J connectivity index is 2.08. The number of unbranched alkanes of at least 4 members (excludes halogenated alkanes) is 1. The van der Waals surface area contributed by atoms with Gasteiger partial charge in [-0.25, -0.2) is 9.59 Å². The number of Topliss-reactive ketones (excluding diaryl/α,β-unsaturated/α-hetero) is 1. The molecule has 0 radical (unpaired) electrons. The van der Waals surface area contributed by atoms with Gasteiger partial charge < -0.3 is 34.1 Å². The third kappa shape index (κ3) is 10.8. The summed E-state index contributed by atoms with van der Waals surface area (Å²) < 4.78 is 34.3. The van der Waals surface area contributed by atoms with Crippen molar-refractivity contribution in [2.45, 2.75) is 58.7 Å². The summed E-state index contributed by atoms with van der Waals surface area (Å²) in [6.45, 7) is 7.00. The van der Waals surface area contributed by atoms with Crippen LogP contribution in [0.5, 0.6) is 0 Å². The molecule has 1 aliphatic heterocycles. The van der Waals surface area contributed by atoms with Crippen molar-refractivity contribution < 1.29 is 37.5 Å². The highest BCUT2D eigenvalue weighted by Gasteiger charge is 2.36. The molecule has 0 aliphatic carbocycles. The largest absolute Gasteiger partial charge is 0.449 e. The van der Waals surface area contributed by atoms with Crippen molar-refractivity contribution in [2.75, 3.05) is 45.6 Å². The Morgan fingerprint density at radius 2 is 1.81 bits per heavy atom. The highest BCUT2D eigenvalue weighted by Crippen LogP contribution is 2.48. The number of carbonyl (C=O) groups is 3. The Hall–Kier alpha value is -2.46. The monoisotopic (exact) mass is 541 g/mol. The van der Waals surface area contributed by atoms with Gasteiger partial charge in [0.2, 0.25) is 0 Å². The molecule has 0 bridgehead atoms. The fraction of sp³-hybridized carbons (Fsp3) is 0.640. The van der Waals surface area contributed by atoms with Gasteiger partial charge in [0.05, 0.1) is 38.1 Å². The number of piperazine rings is 1. The number of benzene rings is 1. The normalized spacial score (nSPS) is 16.6. The van der Waals surface area contributed by atoms with Crippen molar-refractivity contribution in [1.82, 2.24) is 15.5 Å². The lowest BCUT2D eigenvalue weighted by Crippen LogP contribution is -2.60. The van der Waals surface area contributed by atoms with E-state index >= 15 is 0 Å². The van der Waals surface area contributed by atoms with Crippen molar-refractivity contribution in [1.29, 1.82) is 0 Å².